The van der Waals surface area contributed by atoms with Crippen LogP contribution in [0.2, 0.25) is 5.02 Å². The van der Waals surface area contributed by atoms with Crippen molar-refractivity contribution in [1.82, 2.24) is 4.98 Å². The van der Waals surface area contributed by atoms with E-state index in [0.29, 0.717) is 10.6 Å². The van der Waals surface area contributed by atoms with Crippen LogP contribution in [0.1, 0.15) is 16.8 Å². The van der Waals surface area contributed by atoms with E-state index < -0.39 is 17.3 Å². The lowest BCUT2D eigenvalue weighted by atomic mass is 10.1. The number of hydrogen-bond donors (Lipinski definition) is 1. The zero-order valence-electron chi connectivity index (χ0n) is 9.57. The van der Waals surface area contributed by atoms with E-state index in [9.17, 15) is 18.0 Å². The lowest BCUT2D eigenvalue weighted by Gasteiger charge is -2.12. The van der Waals surface area contributed by atoms with E-state index in [-0.39, 0.29) is 16.5 Å². The molecule has 2 rings (SSSR count). The van der Waals surface area contributed by atoms with E-state index in [0.717, 1.165) is 6.92 Å². The highest BCUT2D eigenvalue weighted by Gasteiger charge is 2.34. The molecule has 0 unspecified atom stereocenters. The molecule has 1 aromatic heterocycles. The van der Waals surface area contributed by atoms with Crippen LogP contribution in [-0.2, 0) is 6.18 Å². The fourth-order valence-electron chi connectivity index (χ4n) is 1.80. The second-order valence-electron chi connectivity index (χ2n) is 4.10. The molecule has 0 saturated carbocycles. The first kappa shape index (κ1) is 13.0. The summed E-state index contributed by atoms with van der Waals surface area (Å²) in [7, 11) is 0. The Morgan fingerprint density at radius 3 is 2.39 bits per heavy atom. The largest absolute Gasteiger partial charge is 0.431 e. The van der Waals surface area contributed by atoms with Crippen LogP contribution < -0.4 is 5.43 Å². The summed E-state index contributed by atoms with van der Waals surface area (Å²) in [6.45, 7) is 2.85. The predicted molar refractivity (Wildman–Crippen MR) is 64.1 cm³/mol. The molecule has 0 saturated heterocycles. The second-order valence-corrected chi connectivity index (χ2v) is 4.51. The quantitative estimate of drug-likeness (QED) is 0.779. The van der Waals surface area contributed by atoms with Gasteiger partial charge >= 0.3 is 6.18 Å². The van der Waals surface area contributed by atoms with Crippen LogP contribution in [0.15, 0.2) is 16.9 Å². The number of aromatic amines is 1. The molecule has 96 valence electrons. The number of aromatic nitrogens is 1. The number of halogens is 4. The fourth-order valence-corrected chi connectivity index (χ4v) is 1.96. The Kier molecular flexibility index (Phi) is 2.89. The Balaban J connectivity index is 2.93. The molecule has 1 aromatic carbocycles. The lowest BCUT2D eigenvalue weighted by Crippen LogP contribution is -2.18. The van der Waals surface area contributed by atoms with Crippen LogP contribution in [-0.4, -0.2) is 4.98 Å². The van der Waals surface area contributed by atoms with Crippen molar-refractivity contribution >= 4 is 22.5 Å². The van der Waals surface area contributed by atoms with Crippen molar-refractivity contribution in [3.63, 3.8) is 0 Å². The Hall–Kier alpha value is -1.49. The van der Waals surface area contributed by atoms with E-state index >= 15 is 0 Å². The summed E-state index contributed by atoms with van der Waals surface area (Å²) in [6.07, 6.45) is -4.59. The van der Waals surface area contributed by atoms with Gasteiger partial charge in [0.2, 0.25) is 0 Å². The minimum atomic E-state index is -4.59. The summed E-state index contributed by atoms with van der Waals surface area (Å²) in [5.41, 5.74) is -1.25. The van der Waals surface area contributed by atoms with E-state index in [2.05, 4.69) is 4.98 Å². The normalized spacial score (nSPS) is 12.1. The van der Waals surface area contributed by atoms with Crippen molar-refractivity contribution < 1.29 is 13.2 Å². The summed E-state index contributed by atoms with van der Waals surface area (Å²) >= 11 is 5.84. The first-order chi connectivity index (χ1) is 8.21. The second kappa shape index (κ2) is 4.02. The van der Waals surface area contributed by atoms with Gasteiger partial charge in [0.1, 0.15) is 5.69 Å². The van der Waals surface area contributed by atoms with Crippen molar-refractivity contribution in [2.24, 2.45) is 0 Å². The molecule has 6 heteroatoms. The number of rotatable bonds is 0. The number of H-pyrrole nitrogens is 1. The van der Waals surface area contributed by atoms with Gasteiger partial charge in [-0.15, -0.1) is 0 Å². The Bertz CT molecular complexity index is 688. The number of fused-ring (bicyclic) bond motifs is 1. The molecule has 1 N–H and O–H groups in total. The Morgan fingerprint density at radius 1 is 1.22 bits per heavy atom. The van der Waals surface area contributed by atoms with Crippen molar-refractivity contribution in [1.29, 1.82) is 0 Å². The van der Waals surface area contributed by atoms with Gasteiger partial charge in [-0.25, -0.2) is 0 Å². The van der Waals surface area contributed by atoms with Crippen molar-refractivity contribution in [3.05, 3.63) is 44.2 Å². The summed E-state index contributed by atoms with van der Waals surface area (Å²) in [5.74, 6) is 0. The lowest BCUT2D eigenvalue weighted by molar-refractivity contribution is -0.141. The average molecular weight is 276 g/mol. The van der Waals surface area contributed by atoms with E-state index in [1.807, 2.05) is 0 Å². The summed E-state index contributed by atoms with van der Waals surface area (Å²) in [6, 6.07) is 2.83. The number of benzene rings is 1. The third-order valence-electron chi connectivity index (χ3n) is 2.80. The van der Waals surface area contributed by atoms with Gasteiger partial charge in [-0.05, 0) is 31.5 Å². The summed E-state index contributed by atoms with van der Waals surface area (Å²) in [4.78, 5) is 14.1. The molecule has 0 aliphatic heterocycles. The van der Waals surface area contributed by atoms with Gasteiger partial charge in [0.25, 0.3) is 0 Å². The van der Waals surface area contributed by atoms with E-state index in [1.165, 1.54) is 12.1 Å². The molecular formula is C12H9ClF3NO. The van der Waals surface area contributed by atoms with Crippen LogP contribution in [0.5, 0.6) is 0 Å². The molecule has 0 spiro atoms. The molecule has 0 fully saturated rings. The average Bonchev–Trinajstić information content (AvgIpc) is 2.25. The Morgan fingerprint density at radius 2 is 1.83 bits per heavy atom. The third kappa shape index (κ3) is 1.99. The third-order valence-corrected chi connectivity index (χ3v) is 3.21. The van der Waals surface area contributed by atoms with Crippen molar-refractivity contribution in [3.8, 4) is 0 Å². The zero-order chi connectivity index (χ0) is 13.7. The number of alkyl halides is 3. The first-order valence-electron chi connectivity index (χ1n) is 5.11. The maximum atomic E-state index is 12.7. The van der Waals surface area contributed by atoms with Gasteiger partial charge in [0.05, 0.1) is 5.52 Å². The fraction of sp³-hybridized carbons (Fsp3) is 0.250. The molecule has 0 aliphatic carbocycles. The van der Waals surface area contributed by atoms with E-state index in [4.69, 9.17) is 11.6 Å². The monoisotopic (exact) mass is 275 g/mol. The van der Waals surface area contributed by atoms with Crippen molar-refractivity contribution in [2.75, 3.05) is 0 Å². The number of nitrogens with one attached hydrogen (secondary N) is 1. The predicted octanol–water partition coefficient (Wildman–Crippen LogP) is 3.82. The minimum absolute atomic E-state index is 0.0912. The van der Waals surface area contributed by atoms with E-state index in [1.54, 1.807) is 6.92 Å². The van der Waals surface area contributed by atoms with Crippen LogP contribution in [0.25, 0.3) is 10.9 Å². The van der Waals surface area contributed by atoms with Gasteiger partial charge in [-0.1, -0.05) is 11.6 Å². The standard InChI is InChI=1S/C12H9ClF3NO/c1-5-3-7-9(4-8(5)13)17-11(12(14,15)16)6(2)10(7)18/h3-4H,1-2H3,(H,17,18). The summed E-state index contributed by atoms with van der Waals surface area (Å²) < 4.78 is 38.2. The topological polar surface area (TPSA) is 32.9 Å². The Labute approximate surface area is 105 Å². The number of aryl methyl sites for hydroxylation is 1. The molecule has 18 heavy (non-hydrogen) atoms. The molecule has 2 nitrogen and oxygen atoms in total. The molecule has 2 aromatic rings. The first-order valence-corrected chi connectivity index (χ1v) is 5.49. The van der Waals surface area contributed by atoms with Gasteiger partial charge in [0.15, 0.2) is 5.43 Å². The molecule has 0 radical (unpaired) electrons. The molecule has 1 heterocycles. The molecule has 0 bridgehead atoms. The number of hydrogen-bond acceptors (Lipinski definition) is 1. The highest BCUT2D eigenvalue weighted by Crippen LogP contribution is 2.31. The maximum absolute atomic E-state index is 12.7. The van der Waals surface area contributed by atoms with Gasteiger partial charge in [-0.2, -0.15) is 13.2 Å². The molecule has 0 aliphatic rings. The van der Waals surface area contributed by atoms with Gasteiger partial charge < -0.3 is 4.98 Å². The number of pyridine rings is 1. The van der Waals surface area contributed by atoms with Gasteiger partial charge in [-0.3, -0.25) is 4.79 Å². The smallest absolute Gasteiger partial charge is 0.351 e. The van der Waals surface area contributed by atoms with Crippen LogP contribution in [0, 0.1) is 13.8 Å². The van der Waals surface area contributed by atoms with Crippen LogP contribution in [0.4, 0.5) is 13.2 Å². The van der Waals surface area contributed by atoms with Crippen molar-refractivity contribution in [2.45, 2.75) is 20.0 Å². The highest BCUT2D eigenvalue weighted by atomic mass is 35.5. The van der Waals surface area contributed by atoms with Crippen LogP contribution >= 0.6 is 11.6 Å². The maximum Gasteiger partial charge on any atom is 0.431 e. The zero-order valence-corrected chi connectivity index (χ0v) is 10.3. The van der Waals surface area contributed by atoms with Crippen LogP contribution in [0.3, 0.4) is 0 Å². The van der Waals surface area contributed by atoms with Gasteiger partial charge in [0, 0.05) is 16.0 Å². The summed E-state index contributed by atoms with van der Waals surface area (Å²) in [5, 5.41) is 0.525. The SMILES string of the molecule is Cc1cc2c(=O)c(C)c(C(F)(F)F)[nH]c2cc1Cl. The molecule has 0 amide bonds. The molecular weight excluding hydrogens is 267 g/mol. The minimum Gasteiger partial charge on any atom is -0.351 e. The highest BCUT2D eigenvalue weighted by molar-refractivity contribution is 6.32. The molecule has 0 atom stereocenters.